The number of benzene rings is 2. The predicted octanol–water partition coefficient (Wildman–Crippen LogP) is 4.73. The highest BCUT2D eigenvalue weighted by Crippen LogP contribution is 2.30. The number of hydrogen-bond donors (Lipinski definition) is 3. The first kappa shape index (κ1) is 21.3. The fourth-order valence-corrected chi connectivity index (χ4v) is 2.55. The molecule has 0 fully saturated rings. The van der Waals surface area contributed by atoms with Crippen LogP contribution in [0.15, 0.2) is 48.5 Å². The molecule has 0 aliphatic carbocycles. The third-order valence-corrected chi connectivity index (χ3v) is 3.90. The molecule has 5 nitrogen and oxygen atoms in total. The summed E-state index contributed by atoms with van der Waals surface area (Å²) >= 11 is 0. The van der Waals surface area contributed by atoms with Crippen molar-refractivity contribution in [3.63, 3.8) is 0 Å². The molecule has 0 aliphatic heterocycles. The highest BCUT2D eigenvalue weighted by molar-refractivity contribution is 6.03. The second-order valence-corrected chi connectivity index (χ2v) is 6.62. The van der Waals surface area contributed by atoms with Gasteiger partial charge in [-0.2, -0.15) is 13.2 Å². The summed E-state index contributed by atoms with van der Waals surface area (Å²) in [6.45, 7) is 5.19. The number of alkyl halides is 3. The second kappa shape index (κ2) is 8.77. The van der Waals surface area contributed by atoms with E-state index in [0.717, 1.165) is 12.1 Å². The van der Waals surface area contributed by atoms with Gasteiger partial charge in [0.1, 0.15) is 0 Å². The molecule has 150 valence electrons. The van der Waals surface area contributed by atoms with Gasteiger partial charge in [-0.15, -0.1) is 0 Å². The van der Waals surface area contributed by atoms with Crippen molar-refractivity contribution in [3.8, 4) is 0 Å². The zero-order valence-electron chi connectivity index (χ0n) is 15.7. The molecule has 2 aromatic rings. The van der Waals surface area contributed by atoms with E-state index in [1.165, 1.54) is 18.2 Å². The van der Waals surface area contributed by atoms with E-state index in [1.54, 1.807) is 39.0 Å². The van der Waals surface area contributed by atoms with E-state index in [9.17, 15) is 22.8 Å². The number of halogens is 3. The quantitative estimate of drug-likeness (QED) is 0.688. The van der Waals surface area contributed by atoms with Crippen molar-refractivity contribution in [1.82, 2.24) is 10.6 Å². The van der Waals surface area contributed by atoms with Crippen LogP contribution in [0.25, 0.3) is 0 Å². The van der Waals surface area contributed by atoms with Gasteiger partial charge in [0.15, 0.2) is 0 Å². The number of para-hydroxylation sites is 1. The van der Waals surface area contributed by atoms with Gasteiger partial charge in [0.25, 0.3) is 5.91 Å². The van der Waals surface area contributed by atoms with E-state index in [4.69, 9.17) is 0 Å². The molecule has 1 unspecified atom stereocenters. The van der Waals surface area contributed by atoms with Gasteiger partial charge in [0.05, 0.1) is 22.9 Å². The summed E-state index contributed by atoms with van der Waals surface area (Å²) in [4.78, 5) is 24.5. The average Bonchev–Trinajstić information content (AvgIpc) is 2.60. The zero-order chi connectivity index (χ0) is 20.9. The summed E-state index contributed by atoms with van der Waals surface area (Å²) in [7, 11) is 0. The first-order chi connectivity index (χ1) is 13.1. The fraction of sp³-hybridized carbons (Fsp3) is 0.300. The number of carbonyl (C=O) groups is 2. The Kier molecular flexibility index (Phi) is 6.66. The molecular weight excluding hydrogens is 371 g/mol. The Morgan fingerprint density at radius 1 is 0.929 bits per heavy atom. The molecule has 2 rings (SSSR count). The van der Waals surface area contributed by atoms with Crippen LogP contribution in [0.3, 0.4) is 0 Å². The minimum absolute atomic E-state index is 0.0816. The van der Waals surface area contributed by atoms with E-state index in [-0.39, 0.29) is 11.6 Å². The minimum Gasteiger partial charge on any atom is -0.345 e. The first-order valence-corrected chi connectivity index (χ1v) is 8.72. The first-order valence-electron chi connectivity index (χ1n) is 8.72. The summed E-state index contributed by atoms with van der Waals surface area (Å²) in [6.07, 6.45) is -4.46. The lowest BCUT2D eigenvalue weighted by Gasteiger charge is -2.18. The molecule has 0 bridgehead atoms. The van der Waals surface area contributed by atoms with Gasteiger partial charge < -0.3 is 16.0 Å². The van der Waals surface area contributed by atoms with E-state index < -0.39 is 29.7 Å². The molecule has 2 aromatic carbocycles. The Labute approximate surface area is 161 Å². The maximum absolute atomic E-state index is 12.9. The highest BCUT2D eigenvalue weighted by atomic mass is 19.4. The number of anilines is 1. The molecule has 0 aromatic heterocycles. The zero-order valence-corrected chi connectivity index (χ0v) is 15.7. The summed E-state index contributed by atoms with van der Waals surface area (Å²) in [5.74, 6) is -0.509. The van der Waals surface area contributed by atoms with Crippen molar-refractivity contribution in [2.75, 3.05) is 5.32 Å². The summed E-state index contributed by atoms with van der Waals surface area (Å²) in [5, 5.41) is 7.93. The Morgan fingerprint density at radius 3 is 2.25 bits per heavy atom. The summed E-state index contributed by atoms with van der Waals surface area (Å²) < 4.78 is 38.7. The van der Waals surface area contributed by atoms with Gasteiger partial charge in [-0.1, -0.05) is 24.3 Å². The van der Waals surface area contributed by atoms with E-state index in [2.05, 4.69) is 16.0 Å². The van der Waals surface area contributed by atoms with Crippen LogP contribution in [0.1, 0.15) is 48.3 Å². The molecule has 28 heavy (non-hydrogen) atoms. The Bertz CT molecular complexity index is 851. The smallest absolute Gasteiger partial charge is 0.345 e. The van der Waals surface area contributed by atoms with E-state index >= 15 is 0 Å². The Morgan fingerprint density at radius 2 is 1.61 bits per heavy atom. The molecular formula is C20H22F3N3O2. The molecule has 0 radical (unpaired) electrons. The van der Waals surface area contributed by atoms with Gasteiger partial charge in [-0.25, -0.2) is 4.79 Å². The third-order valence-electron chi connectivity index (χ3n) is 3.90. The van der Waals surface area contributed by atoms with Gasteiger partial charge in [0, 0.05) is 6.04 Å². The van der Waals surface area contributed by atoms with Gasteiger partial charge in [0.2, 0.25) is 0 Å². The van der Waals surface area contributed by atoms with Crippen LogP contribution < -0.4 is 16.0 Å². The Hall–Kier alpha value is -3.03. The maximum atomic E-state index is 12.9. The van der Waals surface area contributed by atoms with Crippen LogP contribution in [-0.2, 0) is 6.18 Å². The average molecular weight is 393 g/mol. The van der Waals surface area contributed by atoms with Crippen molar-refractivity contribution in [1.29, 1.82) is 0 Å². The molecule has 0 saturated carbocycles. The predicted molar refractivity (Wildman–Crippen MR) is 101 cm³/mol. The summed E-state index contributed by atoms with van der Waals surface area (Å²) in [5.41, 5.74) is 0.0549. The lowest BCUT2D eigenvalue weighted by atomic mass is 10.0. The molecule has 3 amide bonds. The molecule has 1 atom stereocenters. The SMILES string of the molecule is CC(C)NC(=O)Nc1ccccc1C(=O)NC(C)c1cccc(C(F)(F)F)c1. The standard InChI is InChI=1S/C20H22F3N3O2/c1-12(2)24-19(28)26-17-10-5-4-9-16(17)18(27)25-13(3)14-7-6-8-15(11-14)20(21,22)23/h4-13H,1-3H3,(H,25,27)(H2,24,26,28). The molecule has 0 spiro atoms. The fourth-order valence-electron chi connectivity index (χ4n) is 2.55. The normalized spacial score (nSPS) is 12.4. The van der Waals surface area contributed by atoms with Crippen LogP contribution in [0.2, 0.25) is 0 Å². The van der Waals surface area contributed by atoms with Crippen molar-refractivity contribution in [3.05, 3.63) is 65.2 Å². The van der Waals surface area contributed by atoms with Gasteiger partial charge in [-0.05, 0) is 50.6 Å². The number of hydrogen-bond acceptors (Lipinski definition) is 2. The van der Waals surface area contributed by atoms with E-state index in [0.29, 0.717) is 11.3 Å². The monoisotopic (exact) mass is 393 g/mol. The molecule has 0 aliphatic rings. The second-order valence-electron chi connectivity index (χ2n) is 6.62. The van der Waals surface area contributed by atoms with E-state index in [1.807, 2.05) is 0 Å². The Balaban J connectivity index is 2.16. The number of urea groups is 1. The third kappa shape index (κ3) is 5.73. The molecule has 8 heteroatoms. The summed E-state index contributed by atoms with van der Waals surface area (Å²) in [6, 6.07) is 9.99. The highest BCUT2D eigenvalue weighted by Gasteiger charge is 2.30. The van der Waals surface area contributed by atoms with Gasteiger partial charge in [-0.3, -0.25) is 4.79 Å². The largest absolute Gasteiger partial charge is 0.416 e. The number of amides is 3. The van der Waals surface area contributed by atoms with Crippen LogP contribution in [-0.4, -0.2) is 18.0 Å². The lowest BCUT2D eigenvalue weighted by Crippen LogP contribution is -2.35. The topological polar surface area (TPSA) is 70.2 Å². The van der Waals surface area contributed by atoms with Crippen LogP contribution in [0.4, 0.5) is 23.7 Å². The number of rotatable bonds is 5. The van der Waals surface area contributed by atoms with Gasteiger partial charge >= 0.3 is 12.2 Å². The van der Waals surface area contributed by atoms with Crippen molar-refractivity contribution < 1.29 is 22.8 Å². The van der Waals surface area contributed by atoms with Crippen LogP contribution >= 0.6 is 0 Å². The minimum atomic E-state index is -4.46. The molecule has 0 heterocycles. The van der Waals surface area contributed by atoms with Crippen molar-refractivity contribution >= 4 is 17.6 Å². The lowest BCUT2D eigenvalue weighted by molar-refractivity contribution is -0.137. The molecule has 3 N–H and O–H groups in total. The molecule has 0 saturated heterocycles. The van der Waals surface area contributed by atoms with Crippen LogP contribution in [0, 0.1) is 0 Å². The number of nitrogens with one attached hydrogen (secondary N) is 3. The van der Waals surface area contributed by atoms with Crippen molar-refractivity contribution in [2.45, 2.75) is 39.0 Å². The number of carbonyl (C=O) groups excluding carboxylic acids is 2. The van der Waals surface area contributed by atoms with Crippen molar-refractivity contribution in [2.24, 2.45) is 0 Å². The maximum Gasteiger partial charge on any atom is 0.416 e. The van der Waals surface area contributed by atoms with Crippen LogP contribution in [0.5, 0.6) is 0 Å².